The average molecular weight is 325 g/mol. The molecule has 1 fully saturated rings. The highest BCUT2D eigenvalue weighted by Crippen LogP contribution is 2.22. The molecule has 3 rings (SSSR count). The second-order valence-electron chi connectivity index (χ2n) is 6.18. The van der Waals surface area contributed by atoms with Crippen LogP contribution < -0.4 is 10.1 Å². The van der Waals surface area contributed by atoms with E-state index in [1.165, 1.54) is 5.56 Å². The van der Waals surface area contributed by atoms with Gasteiger partial charge in [-0.2, -0.15) is 0 Å². The van der Waals surface area contributed by atoms with Crippen molar-refractivity contribution in [3.8, 4) is 6.01 Å². The summed E-state index contributed by atoms with van der Waals surface area (Å²) >= 11 is 0. The van der Waals surface area contributed by atoms with E-state index in [4.69, 9.17) is 4.74 Å². The minimum atomic E-state index is 0.134. The van der Waals surface area contributed by atoms with Gasteiger partial charge in [0.2, 0.25) is 5.91 Å². The van der Waals surface area contributed by atoms with E-state index in [2.05, 4.69) is 27.4 Å². The van der Waals surface area contributed by atoms with Gasteiger partial charge in [0.25, 0.3) is 0 Å². The van der Waals surface area contributed by atoms with Crippen molar-refractivity contribution in [3.63, 3.8) is 0 Å². The molecule has 126 valence electrons. The highest BCUT2D eigenvalue weighted by Gasteiger charge is 2.24. The van der Waals surface area contributed by atoms with Gasteiger partial charge in [-0.3, -0.25) is 4.79 Å². The molecule has 24 heavy (non-hydrogen) atoms. The minimum Gasteiger partial charge on any atom is -0.460 e. The fourth-order valence-electron chi connectivity index (χ4n) is 3.02. The van der Waals surface area contributed by atoms with Crippen LogP contribution in [0.3, 0.4) is 0 Å². The van der Waals surface area contributed by atoms with Gasteiger partial charge in [-0.25, -0.2) is 9.97 Å². The number of nitrogens with zero attached hydrogens (tertiary/aromatic N) is 2. The molecule has 0 atom stereocenters. The number of nitrogens with one attached hydrogen (secondary N) is 1. The lowest BCUT2D eigenvalue weighted by Crippen LogP contribution is -2.39. The molecule has 5 nitrogen and oxygen atoms in total. The monoisotopic (exact) mass is 325 g/mol. The Morgan fingerprint density at radius 3 is 2.46 bits per heavy atom. The number of carbonyl (C=O) groups is 1. The van der Waals surface area contributed by atoms with Crippen molar-refractivity contribution in [2.45, 2.75) is 50.7 Å². The van der Waals surface area contributed by atoms with Crippen LogP contribution in [0.5, 0.6) is 6.01 Å². The third-order valence-corrected chi connectivity index (χ3v) is 4.34. The zero-order chi connectivity index (χ0) is 16.6. The van der Waals surface area contributed by atoms with Gasteiger partial charge in [-0.05, 0) is 43.7 Å². The van der Waals surface area contributed by atoms with Gasteiger partial charge < -0.3 is 10.1 Å². The predicted octanol–water partition coefficient (Wildman–Crippen LogP) is 2.92. The third-order valence-electron chi connectivity index (χ3n) is 4.34. The Labute approximate surface area is 142 Å². The van der Waals surface area contributed by atoms with E-state index in [0.717, 1.165) is 32.1 Å². The Hall–Kier alpha value is -2.43. The maximum absolute atomic E-state index is 12.1. The van der Waals surface area contributed by atoms with E-state index >= 15 is 0 Å². The molecule has 1 aromatic carbocycles. The quantitative estimate of drug-likeness (QED) is 0.887. The van der Waals surface area contributed by atoms with E-state index in [-0.39, 0.29) is 18.1 Å². The summed E-state index contributed by atoms with van der Waals surface area (Å²) in [6.45, 7) is 0. The van der Waals surface area contributed by atoms with Crippen molar-refractivity contribution >= 4 is 5.91 Å². The van der Waals surface area contributed by atoms with Gasteiger partial charge in [0.15, 0.2) is 0 Å². The van der Waals surface area contributed by atoms with Crippen molar-refractivity contribution in [1.82, 2.24) is 15.3 Å². The van der Waals surface area contributed by atoms with Crippen molar-refractivity contribution in [3.05, 3.63) is 54.4 Å². The zero-order valence-corrected chi connectivity index (χ0v) is 13.7. The smallest absolute Gasteiger partial charge is 0.316 e. The number of hydrogen-bond donors (Lipinski definition) is 1. The lowest BCUT2D eigenvalue weighted by atomic mass is 9.93. The van der Waals surface area contributed by atoms with Crippen molar-refractivity contribution in [2.24, 2.45) is 0 Å². The van der Waals surface area contributed by atoms with Crippen LogP contribution in [0.25, 0.3) is 0 Å². The molecular formula is C19H23N3O2. The Morgan fingerprint density at radius 2 is 1.75 bits per heavy atom. The maximum atomic E-state index is 12.1. The van der Waals surface area contributed by atoms with Gasteiger partial charge in [-0.1, -0.05) is 30.3 Å². The number of amides is 1. The van der Waals surface area contributed by atoms with Crippen LogP contribution in [0.2, 0.25) is 0 Å². The Bertz CT molecular complexity index is 626. The Balaban J connectivity index is 1.36. The molecule has 0 unspecified atom stereocenters. The van der Waals surface area contributed by atoms with Crippen LogP contribution in [0.15, 0.2) is 48.8 Å². The fourth-order valence-corrected chi connectivity index (χ4v) is 3.02. The molecule has 1 aliphatic rings. The summed E-state index contributed by atoms with van der Waals surface area (Å²) in [4.78, 5) is 20.3. The van der Waals surface area contributed by atoms with E-state index in [1.54, 1.807) is 18.5 Å². The zero-order valence-electron chi connectivity index (χ0n) is 13.7. The number of rotatable bonds is 6. The topological polar surface area (TPSA) is 64.1 Å². The Morgan fingerprint density at radius 1 is 1.04 bits per heavy atom. The molecular weight excluding hydrogens is 302 g/mol. The van der Waals surface area contributed by atoms with Gasteiger partial charge in [0.05, 0.1) is 0 Å². The maximum Gasteiger partial charge on any atom is 0.316 e. The standard InChI is InChI=1S/C19H23N3O2/c23-18(12-7-15-5-2-1-3-6-15)22-16-8-10-17(11-9-16)24-19-20-13-4-14-21-19/h1-6,13-14,16-17H,7-12H2,(H,22,23). The molecule has 0 spiro atoms. The van der Waals surface area contributed by atoms with Gasteiger partial charge in [-0.15, -0.1) is 0 Å². The first-order valence-electron chi connectivity index (χ1n) is 8.56. The summed E-state index contributed by atoms with van der Waals surface area (Å²) in [7, 11) is 0. The van der Waals surface area contributed by atoms with Crippen LogP contribution in [0.4, 0.5) is 0 Å². The van der Waals surface area contributed by atoms with Crippen LogP contribution in [0, 0.1) is 0 Å². The SMILES string of the molecule is O=C(CCc1ccccc1)NC1CCC(Oc2ncccn2)CC1. The van der Waals surface area contributed by atoms with E-state index in [0.29, 0.717) is 12.4 Å². The third kappa shape index (κ3) is 5.05. The highest BCUT2D eigenvalue weighted by molar-refractivity contribution is 5.76. The molecule has 1 heterocycles. The first-order chi connectivity index (χ1) is 11.8. The summed E-state index contributed by atoms with van der Waals surface area (Å²) in [5, 5.41) is 3.15. The van der Waals surface area contributed by atoms with Crippen LogP contribution in [-0.4, -0.2) is 28.0 Å². The summed E-state index contributed by atoms with van der Waals surface area (Å²) < 4.78 is 5.78. The lowest BCUT2D eigenvalue weighted by molar-refractivity contribution is -0.122. The van der Waals surface area contributed by atoms with Gasteiger partial charge in [0, 0.05) is 24.9 Å². The molecule has 0 radical (unpaired) electrons. The normalized spacial score (nSPS) is 20.3. The van der Waals surface area contributed by atoms with Crippen molar-refractivity contribution in [2.75, 3.05) is 0 Å². The van der Waals surface area contributed by atoms with Crippen molar-refractivity contribution in [1.29, 1.82) is 0 Å². The van der Waals surface area contributed by atoms with E-state index in [9.17, 15) is 4.79 Å². The Kier molecular flexibility index (Phi) is 5.77. The molecule has 1 saturated carbocycles. The van der Waals surface area contributed by atoms with Gasteiger partial charge in [0.1, 0.15) is 6.10 Å². The predicted molar refractivity (Wildman–Crippen MR) is 91.6 cm³/mol. The number of aryl methyl sites for hydroxylation is 1. The number of hydrogen-bond acceptors (Lipinski definition) is 4. The van der Waals surface area contributed by atoms with Crippen molar-refractivity contribution < 1.29 is 9.53 Å². The molecule has 5 heteroatoms. The van der Waals surface area contributed by atoms with Crippen LogP contribution in [-0.2, 0) is 11.2 Å². The van der Waals surface area contributed by atoms with Crippen LogP contribution in [0.1, 0.15) is 37.7 Å². The van der Waals surface area contributed by atoms with E-state index < -0.39 is 0 Å². The number of benzene rings is 1. The summed E-state index contributed by atoms with van der Waals surface area (Å²) in [5.41, 5.74) is 1.20. The molecule has 0 bridgehead atoms. The second kappa shape index (κ2) is 8.43. The number of ether oxygens (including phenoxy) is 1. The molecule has 1 N–H and O–H groups in total. The molecule has 0 aliphatic heterocycles. The van der Waals surface area contributed by atoms with Gasteiger partial charge >= 0.3 is 6.01 Å². The van der Waals surface area contributed by atoms with Crippen LogP contribution >= 0.6 is 0 Å². The number of carbonyl (C=O) groups excluding carboxylic acids is 1. The summed E-state index contributed by atoms with van der Waals surface area (Å²) in [6.07, 6.45) is 8.55. The summed E-state index contributed by atoms with van der Waals surface area (Å²) in [5.74, 6) is 0.134. The highest BCUT2D eigenvalue weighted by atomic mass is 16.5. The van der Waals surface area contributed by atoms with E-state index in [1.807, 2.05) is 18.2 Å². The molecule has 2 aromatic rings. The lowest BCUT2D eigenvalue weighted by Gasteiger charge is -2.28. The minimum absolute atomic E-state index is 0.134. The number of aromatic nitrogens is 2. The second-order valence-corrected chi connectivity index (χ2v) is 6.18. The molecule has 1 aromatic heterocycles. The fraction of sp³-hybridized carbons (Fsp3) is 0.421. The average Bonchev–Trinajstić information content (AvgIpc) is 2.63. The summed E-state index contributed by atoms with van der Waals surface area (Å²) in [6, 6.07) is 12.6. The largest absolute Gasteiger partial charge is 0.460 e. The first kappa shape index (κ1) is 16.4. The molecule has 1 aliphatic carbocycles. The first-order valence-corrected chi connectivity index (χ1v) is 8.56. The molecule has 0 saturated heterocycles. The molecule has 1 amide bonds.